The van der Waals surface area contributed by atoms with Gasteiger partial charge in [-0.05, 0) is 43.4 Å². The number of methoxy groups -OCH3 is 1. The molecule has 1 fully saturated rings. The molecule has 4 heteroatoms. The largest absolute Gasteiger partial charge is 0.385 e. The van der Waals surface area contributed by atoms with Gasteiger partial charge < -0.3 is 15.4 Å². The van der Waals surface area contributed by atoms with E-state index >= 15 is 0 Å². The highest BCUT2D eigenvalue weighted by molar-refractivity contribution is 5.97. The number of rotatable bonds is 3. The Balaban J connectivity index is 1.70. The lowest BCUT2D eigenvalue weighted by atomic mass is 9.88. The zero-order valence-corrected chi connectivity index (χ0v) is 11.2. The van der Waals surface area contributed by atoms with Gasteiger partial charge in [-0.25, -0.2) is 0 Å². The van der Waals surface area contributed by atoms with Crippen LogP contribution in [0.15, 0.2) is 18.2 Å². The van der Waals surface area contributed by atoms with Gasteiger partial charge in [0.2, 0.25) is 0 Å². The molecule has 1 heterocycles. The summed E-state index contributed by atoms with van der Waals surface area (Å²) < 4.78 is 5.23. The Morgan fingerprint density at radius 2 is 2.26 bits per heavy atom. The van der Waals surface area contributed by atoms with Crippen molar-refractivity contribution in [1.29, 1.82) is 0 Å². The fourth-order valence-electron chi connectivity index (χ4n) is 2.86. The van der Waals surface area contributed by atoms with Crippen LogP contribution in [0.5, 0.6) is 0 Å². The molecule has 0 spiro atoms. The van der Waals surface area contributed by atoms with E-state index < -0.39 is 0 Å². The number of anilines is 1. The number of fused-ring (bicyclic) bond motifs is 1. The minimum Gasteiger partial charge on any atom is -0.385 e. The molecular weight excluding hydrogens is 240 g/mol. The van der Waals surface area contributed by atoms with Crippen LogP contribution in [-0.2, 0) is 11.2 Å². The van der Waals surface area contributed by atoms with Crippen LogP contribution in [0.25, 0.3) is 0 Å². The first kappa shape index (κ1) is 12.5. The number of amides is 1. The summed E-state index contributed by atoms with van der Waals surface area (Å²) >= 11 is 0. The van der Waals surface area contributed by atoms with E-state index in [2.05, 4.69) is 16.7 Å². The number of hydrogen-bond donors (Lipinski definition) is 2. The lowest BCUT2D eigenvalue weighted by Crippen LogP contribution is -2.47. The highest BCUT2D eigenvalue weighted by atomic mass is 16.5. The maximum atomic E-state index is 12.3. The number of benzene rings is 1. The third-order valence-corrected chi connectivity index (χ3v) is 4.10. The van der Waals surface area contributed by atoms with Gasteiger partial charge in [-0.1, -0.05) is 6.07 Å². The number of hydrogen-bond acceptors (Lipinski definition) is 3. The molecule has 4 nitrogen and oxygen atoms in total. The maximum Gasteiger partial charge on any atom is 0.251 e. The third-order valence-electron chi connectivity index (χ3n) is 4.10. The molecule has 0 saturated heterocycles. The van der Waals surface area contributed by atoms with Crippen molar-refractivity contribution in [2.24, 2.45) is 0 Å². The van der Waals surface area contributed by atoms with Crippen molar-refractivity contribution in [2.45, 2.75) is 37.8 Å². The molecule has 0 radical (unpaired) electrons. The Morgan fingerprint density at radius 1 is 1.42 bits per heavy atom. The van der Waals surface area contributed by atoms with E-state index in [1.54, 1.807) is 7.11 Å². The van der Waals surface area contributed by atoms with E-state index in [1.807, 2.05) is 12.1 Å². The normalized spacial score (nSPS) is 24.9. The second-order valence-electron chi connectivity index (χ2n) is 5.36. The van der Waals surface area contributed by atoms with Crippen LogP contribution < -0.4 is 10.6 Å². The van der Waals surface area contributed by atoms with Crippen molar-refractivity contribution >= 4 is 11.6 Å². The summed E-state index contributed by atoms with van der Waals surface area (Å²) in [4.78, 5) is 12.3. The second kappa shape index (κ2) is 5.21. The molecule has 0 atom stereocenters. The van der Waals surface area contributed by atoms with Gasteiger partial charge in [0.25, 0.3) is 5.91 Å². The summed E-state index contributed by atoms with van der Waals surface area (Å²) in [7, 11) is 1.72. The van der Waals surface area contributed by atoms with Crippen molar-refractivity contribution in [3.05, 3.63) is 29.3 Å². The van der Waals surface area contributed by atoms with Crippen LogP contribution in [0.4, 0.5) is 5.69 Å². The Bertz CT molecular complexity index is 481. The van der Waals surface area contributed by atoms with E-state index in [4.69, 9.17) is 4.74 Å². The van der Waals surface area contributed by atoms with Gasteiger partial charge in [0.1, 0.15) is 0 Å². The second-order valence-corrected chi connectivity index (χ2v) is 5.36. The van der Waals surface area contributed by atoms with Crippen LogP contribution in [0.2, 0.25) is 0 Å². The predicted octanol–water partition coefficient (Wildman–Crippen LogP) is 1.95. The molecule has 0 unspecified atom stereocenters. The van der Waals surface area contributed by atoms with Gasteiger partial charge in [0, 0.05) is 30.9 Å². The van der Waals surface area contributed by atoms with E-state index in [9.17, 15) is 4.79 Å². The Hall–Kier alpha value is -1.55. The van der Waals surface area contributed by atoms with Crippen molar-refractivity contribution < 1.29 is 9.53 Å². The average molecular weight is 260 g/mol. The topological polar surface area (TPSA) is 50.4 Å². The predicted molar refractivity (Wildman–Crippen MR) is 74.5 cm³/mol. The van der Waals surface area contributed by atoms with Crippen molar-refractivity contribution in [2.75, 3.05) is 19.0 Å². The number of carbonyl (C=O) groups excluding carboxylic acids is 1. The Labute approximate surface area is 113 Å². The minimum atomic E-state index is 0.0557. The number of ether oxygens (including phenoxy) is 1. The van der Waals surface area contributed by atoms with E-state index in [1.165, 1.54) is 0 Å². The molecule has 1 aromatic carbocycles. The summed E-state index contributed by atoms with van der Waals surface area (Å²) in [5, 5.41) is 6.46. The molecule has 1 saturated carbocycles. The molecule has 2 N–H and O–H groups in total. The van der Waals surface area contributed by atoms with Crippen LogP contribution >= 0.6 is 0 Å². The summed E-state index contributed by atoms with van der Waals surface area (Å²) in [5.74, 6) is 0.0557. The van der Waals surface area contributed by atoms with E-state index in [-0.39, 0.29) is 11.9 Å². The summed E-state index contributed by atoms with van der Waals surface area (Å²) in [6.45, 7) is 0.996. The van der Waals surface area contributed by atoms with Crippen LogP contribution in [0.1, 0.15) is 35.2 Å². The zero-order chi connectivity index (χ0) is 13.2. The van der Waals surface area contributed by atoms with Crippen molar-refractivity contribution in [3.8, 4) is 0 Å². The highest BCUT2D eigenvalue weighted by Crippen LogP contribution is 2.27. The fourth-order valence-corrected chi connectivity index (χ4v) is 2.86. The molecule has 3 rings (SSSR count). The molecule has 19 heavy (non-hydrogen) atoms. The van der Waals surface area contributed by atoms with Crippen molar-refractivity contribution in [1.82, 2.24) is 5.32 Å². The van der Waals surface area contributed by atoms with Gasteiger partial charge >= 0.3 is 0 Å². The molecule has 0 aromatic heterocycles. The lowest BCUT2D eigenvalue weighted by Gasteiger charge is -2.34. The van der Waals surface area contributed by atoms with Gasteiger partial charge in [0.05, 0.1) is 6.10 Å². The minimum absolute atomic E-state index is 0.0557. The van der Waals surface area contributed by atoms with E-state index in [0.717, 1.165) is 49.0 Å². The van der Waals surface area contributed by atoms with E-state index in [0.29, 0.717) is 6.10 Å². The van der Waals surface area contributed by atoms with Gasteiger partial charge in [0.15, 0.2) is 0 Å². The van der Waals surface area contributed by atoms with Gasteiger partial charge in [-0.2, -0.15) is 0 Å². The standard InChI is InChI=1S/C15H20N2O2/c1-19-11-8-10(9-11)17-15(18)13-4-2-6-14-12(13)5-3-7-16-14/h2,4,6,10-11,16H,3,5,7-9H2,1H3,(H,17,18). The highest BCUT2D eigenvalue weighted by Gasteiger charge is 2.31. The third kappa shape index (κ3) is 2.45. The molecule has 1 aromatic rings. The molecule has 1 amide bonds. The SMILES string of the molecule is COC1CC(NC(=O)c2cccc3c2CCCN3)C1. The number of nitrogens with one attached hydrogen (secondary N) is 2. The van der Waals surface area contributed by atoms with Gasteiger partial charge in [-0.3, -0.25) is 4.79 Å². The first-order chi connectivity index (χ1) is 9.28. The van der Waals surface area contributed by atoms with Crippen LogP contribution in [-0.4, -0.2) is 31.7 Å². The monoisotopic (exact) mass is 260 g/mol. The van der Waals surface area contributed by atoms with Crippen molar-refractivity contribution in [3.63, 3.8) is 0 Å². The Kier molecular flexibility index (Phi) is 3.42. The lowest BCUT2D eigenvalue weighted by molar-refractivity contribution is 0.0176. The summed E-state index contributed by atoms with van der Waals surface area (Å²) in [6.07, 6.45) is 4.24. The van der Waals surface area contributed by atoms with Crippen LogP contribution in [0, 0.1) is 0 Å². The summed E-state index contributed by atoms with van der Waals surface area (Å²) in [5.41, 5.74) is 3.10. The average Bonchev–Trinajstić information content (AvgIpc) is 2.41. The fraction of sp³-hybridized carbons (Fsp3) is 0.533. The number of carbonyl (C=O) groups is 1. The quantitative estimate of drug-likeness (QED) is 0.873. The first-order valence-electron chi connectivity index (χ1n) is 6.97. The first-order valence-corrected chi connectivity index (χ1v) is 6.97. The zero-order valence-electron chi connectivity index (χ0n) is 11.2. The molecule has 2 aliphatic rings. The van der Waals surface area contributed by atoms with Gasteiger partial charge in [-0.15, -0.1) is 0 Å². The Morgan fingerprint density at radius 3 is 3.05 bits per heavy atom. The van der Waals surface area contributed by atoms with Crippen LogP contribution in [0.3, 0.4) is 0 Å². The molecule has 0 bridgehead atoms. The smallest absolute Gasteiger partial charge is 0.251 e. The maximum absolute atomic E-state index is 12.3. The molecule has 1 aliphatic heterocycles. The molecule has 1 aliphatic carbocycles. The molecule has 102 valence electrons. The summed E-state index contributed by atoms with van der Waals surface area (Å²) in [6, 6.07) is 6.19. The molecular formula is C15H20N2O2.